The van der Waals surface area contributed by atoms with Crippen molar-refractivity contribution in [1.29, 1.82) is 0 Å². The van der Waals surface area contributed by atoms with Crippen molar-refractivity contribution in [3.63, 3.8) is 0 Å². The molecule has 0 N–H and O–H groups in total. The van der Waals surface area contributed by atoms with Crippen molar-refractivity contribution in [2.24, 2.45) is 0 Å². The van der Waals surface area contributed by atoms with E-state index in [9.17, 15) is 4.79 Å². The second-order valence-electron chi connectivity index (χ2n) is 5.74. The maximum Gasteiger partial charge on any atom is 0.303 e. The maximum absolute atomic E-state index is 12.1. The van der Waals surface area contributed by atoms with Crippen molar-refractivity contribution < 1.29 is 4.79 Å². The molecule has 0 aromatic rings. The summed E-state index contributed by atoms with van der Waals surface area (Å²) in [6, 6.07) is 0.184. The Morgan fingerprint density at radius 2 is 1.00 bits per heavy atom. The number of nitrogens with zero attached hydrogens (tertiary/aromatic N) is 2. The number of carbonyl (C=O) groups excluding carboxylic acids is 1. The lowest BCUT2D eigenvalue weighted by Crippen LogP contribution is -2.57. The first-order valence-electron chi connectivity index (χ1n) is 4.99. The third kappa shape index (κ3) is 3.45. The average molecular weight is 232 g/mol. The lowest BCUT2D eigenvalue weighted by molar-refractivity contribution is 0.211. The van der Waals surface area contributed by atoms with Gasteiger partial charge in [-0.05, 0) is 0 Å². The van der Waals surface area contributed by atoms with Gasteiger partial charge in [-0.15, -0.1) is 0 Å². The van der Waals surface area contributed by atoms with Crippen molar-refractivity contribution in [3.05, 3.63) is 0 Å². The molecule has 0 unspecified atom stereocenters. The summed E-state index contributed by atoms with van der Waals surface area (Å²) < 4.78 is 3.87. The topological polar surface area (TPSA) is 23.6 Å². The SMILES string of the molecule is CN(C(=O)N(C)[Si](C)(C)C)[Si](C)(C)C. The van der Waals surface area contributed by atoms with Gasteiger partial charge < -0.3 is 9.13 Å². The predicted octanol–water partition coefficient (Wildman–Crippen LogP) is 2.64. The van der Waals surface area contributed by atoms with Gasteiger partial charge in [0.1, 0.15) is 0 Å². The molecule has 0 heterocycles. The van der Waals surface area contributed by atoms with E-state index in [4.69, 9.17) is 0 Å². The molecule has 0 aromatic carbocycles. The molecule has 5 heteroatoms. The van der Waals surface area contributed by atoms with Gasteiger partial charge in [-0.3, -0.25) is 4.79 Å². The Morgan fingerprint density at radius 1 is 0.786 bits per heavy atom. The van der Waals surface area contributed by atoms with Gasteiger partial charge in [0, 0.05) is 14.1 Å². The molecular formula is C9H24N2OSi2. The highest BCUT2D eigenvalue weighted by Gasteiger charge is 2.32. The molecule has 2 amide bonds. The van der Waals surface area contributed by atoms with Crippen molar-refractivity contribution in [1.82, 2.24) is 9.13 Å². The van der Waals surface area contributed by atoms with Crippen LogP contribution in [0.4, 0.5) is 4.79 Å². The van der Waals surface area contributed by atoms with Gasteiger partial charge in [-0.2, -0.15) is 0 Å². The van der Waals surface area contributed by atoms with E-state index >= 15 is 0 Å². The number of urea groups is 1. The fourth-order valence-corrected chi connectivity index (χ4v) is 2.35. The minimum Gasteiger partial charge on any atom is -0.356 e. The third-order valence-electron chi connectivity index (χ3n) is 2.59. The van der Waals surface area contributed by atoms with Crippen LogP contribution in [0.25, 0.3) is 0 Å². The van der Waals surface area contributed by atoms with Crippen molar-refractivity contribution in [2.45, 2.75) is 39.3 Å². The van der Waals surface area contributed by atoms with E-state index in [1.807, 2.05) is 23.2 Å². The van der Waals surface area contributed by atoms with Gasteiger partial charge in [0.15, 0.2) is 16.5 Å². The van der Waals surface area contributed by atoms with Crippen LogP contribution >= 0.6 is 0 Å². The molecule has 0 aliphatic heterocycles. The number of hydrogen-bond acceptors (Lipinski definition) is 1. The first kappa shape index (κ1) is 13.7. The second kappa shape index (κ2) is 4.06. The lowest BCUT2D eigenvalue weighted by Gasteiger charge is -2.38. The van der Waals surface area contributed by atoms with Crippen LogP contribution in [0, 0.1) is 0 Å². The third-order valence-corrected chi connectivity index (χ3v) is 6.99. The van der Waals surface area contributed by atoms with E-state index < -0.39 is 16.5 Å². The zero-order valence-corrected chi connectivity index (χ0v) is 12.8. The summed E-state index contributed by atoms with van der Waals surface area (Å²) >= 11 is 0. The highest BCUT2D eigenvalue weighted by Crippen LogP contribution is 2.14. The zero-order valence-electron chi connectivity index (χ0n) is 10.8. The fraction of sp³-hybridized carbons (Fsp3) is 0.889. The Bertz CT molecular complexity index is 196. The molecule has 84 valence electrons. The van der Waals surface area contributed by atoms with E-state index in [0.717, 1.165) is 0 Å². The van der Waals surface area contributed by atoms with Gasteiger partial charge in [0.25, 0.3) is 0 Å². The molecule has 0 bridgehead atoms. The quantitative estimate of drug-likeness (QED) is 0.672. The van der Waals surface area contributed by atoms with Crippen molar-refractivity contribution in [2.75, 3.05) is 14.1 Å². The minimum atomic E-state index is -1.50. The number of amides is 2. The Morgan fingerprint density at radius 3 is 1.14 bits per heavy atom. The molecule has 0 aromatic heterocycles. The average Bonchev–Trinajstić information content (AvgIpc) is 1.97. The van der Waals surface area contributed by atoms with Gasteiger partial charge in [-0.1, -0.05) is 39.3 Å². The molecule has 3 nitrogen and oxygen atoms in total. The Labute approximate surface area is 90.3 Å². The first-order chi connectivity index (χ1) is 5.98. The summed E-state index contributed by atoms with van der Waals surface area (Å²) in [4.78, 5) is 12.1. The Balaban J connectivity index is 4.65. The summed E-state index contributed by atoms with van der Waals surface area (Å²) in [5.74, 6) is 0. The zero-order chi connectivity index (χ0) is 11.7. The molecule has 0 saturated carbocycles. The van der Waals surface area contributed by atoms with Crippen molar-refractivity contribution >= 4 is 22.5 Å². The number of rotatable bonds is 2. The summed E-state index contributed by atoms with van der Waals surface area (Å²) in [5.41, 5.74) is 0. The van der Waals surface area contributed by atoms with Crippen LogP contribution in [0.15, 0.2) is 0 Å². The minimum absolute atomic E-state index is 0.184. The first-order valence-corrected chi connectivity index (χ1v) is 11.9. The number of hydrogen-bond donors (Lipinski definition) is 0. The monoisotopic (exact) mass is 232 g/mol. The summed E-state index contributed by atoms with van der Waals surface area (Å²) in [5, 5.41) is 0. The predicted molar refractivity (Wildman–Crippen MR) is 67.6 cm³/mol. The fourth-order valence-electron chi connectivity index (χ4n) is 0.799. The van der Waals surface area contributed by atoms with E-state index in [1.54, 1.807) is 0 Å². The van der Waals surface area contributed by atoms with E-state index in [1.165, 1.54) is 0 Å². The smallest absolute Gasteiger partial charge is 0.303 e. The number of carbonyl (C=O) groups is 1. The van der Waals surface area contributed by atoms with Crippen LogP contribution in [-0.2, 0) is 0 Å². The largest absolute Gasteiger partial charge is 0.356 e. The van der Waals surface area contributed by atoms with E-state index in [2.05, 4.69) is 39.3 Å². The van der Waals surface area contributed by atoms with Crippen LogP contribution < -0.4 is 0 Å². The molecule has 14 heavy (non-hydrogen) atoms. The van der Waals surface area contributed by atoms with Gasteiger partial charge in [0.05, 0.1) is 0 Å². The summed E-state index contributed by atoms with van der Waals surface area (Å²) in [7, 11) is 0.842. The van der Waals surface area contributed by atoms with E-state index in [-0.39, 0.29) is 6.03 Å². The molecule has 0 aliphatic carbocycles. The molecular weight excluding hydrogens is 208 g/mol. The van der Waals surface area contributed by atoms with Crippen molar-refractivity contribution in [3.8, 4) is 0 Å². The molecule has 0 atom stereocenters. The van der Waals surface area contributed by atoms with Crippen LogP contribution in [-0.4, -0.2) is 45.7 Å². The normalized spacial score (nSPS) is 12.6. The van der Waals surface area contributed by atoms with Crippen LogP contribution in [0.2, 0.25) is 39.3 Å². The Hall–Kier alpha value is -0.296. The van der Waals surface area contributed by atoms with Crippen LogP contribution in [0.3, 0.4) is 0 Å². The lowest BCUT2D eigenvalue weighted by atomic mass is 10.9. The van der Waals surface area contributed by atoms with Crippen LogP contribution in [0.5, 0.6) is 0 Å². The molecule has 0 spiro atoms. The van der Waals surface area contributed by atoms with Gasteiger partial charge >= 0.3 is 6.03 Å². The van der Waals surface area contributed by atoms with Gasteiger partial charge in [-0.25, -0.2) is 0 Å². The second-order valence-corrected chi connectivity index (χ2v) is 15.8. The van der Waals surface area contributed by atoms with E-state index in [0.29, 0.717) is 0 Å². The molecule has 0 fully saturated rings. The highest BCUT2D eigenvalue weighted by molar-refractivity contribution is 6.78. The summed E-state index contributed by atoms with van der Waals surface area (Å²) in [6.45, 7) is 13.1. The summed E-state index contributed by atoms with van der Waals surface area (Å²) in [6.07, 6.45) is 0. The Kier molecular flexibility index (Phi) is 3.97. The van der Waals surface area contributed by atoms with Crippen LogP contribution in [0.1, 0.15) is 0 Å². The molecule has 0 radical (unpaired) electrons. The maximum atomic E-state index is 12.1. The highest BCUT2D eigenvalue weighted by atomic mass is 28.3. The molecule has 0 saturated heterocycles. The molecule has 0 aliphatic rings. The van der Waals surface area contributed by atoms with Gasteiger partial charge in [0.2, 0.25) is 0 Å². The molecule has 0 rings (SSSR count). The standard InChI is InChI=1S/C9H24N2OSi2/c1-10(13(3,4)5)9(12)11(2)14(6,7)8/h1-8H3.